The number of phenols is 1. The lowest BCUT2D eigenvalue weighted by atomic mass is 10.0. The third-order valence-corrected chi connectivity index (χ3v) is 14.9. The van der Waals surface area contributed by atoms with E-state index in [1.54, 1.807) is 50.4 Å². The van der Waals surface area contributed by atoms with Crippen LogP contribution in [-0.4, -0.2) is 141 Å². The van der Waals surface area contributed by atoms with Gasteiger partial charge < -0.3 is 69.2 Å². The average Bonchev–Trinajstić information content (AvgIpc) is 3.79. The van der Waals surface area contributed by atoms with Gasteiger partial charge in [0.05, 0.1) is 6.04 Å². The normalized spacial score (nSPS) is 21.6. The van der Waals surface area contributed by atoms with E-state index in [9.17, 15) is 53.4 Å². The number of nitrogens with one attached hydrogen (secondary N) is 9. The maximum absolute atomic E-state index is 14.8. The van der Waals surface area contributed by atoms with Gasteiger partial charge in [0.2, 0.25) is 47.3 Å². The molecule has 0 radical (unpaired) electrons. The van der Waals surface area contributed by atoms with Gasteiger partial charge in [-0.05, 0) is 80.5 Å². The molecule has 1 saturated heterocycles. The van der Waals surface area contributed by atoms with Gasteiger partial charge in [0.15, 0.2) is 0 Å². The number of benzene rings is 3. The molecule has 0 aliphatic carbocycles. The van der Waals surface area contributed by atoms with Gasteiger partial charge in [-0.25, -0.2) is 4.79 Å². The summed E-state index contributed by atoms with van der Waals surface area (Å²) >= 11 is 0. The number of hydrogen-bond acceptors (Lipinski definition) is 14. The first kappa shape index (κ1) is 59.7. The van der Waals surface area contributed by atoms with Crippen LogP contribution in [0.25, 0.3) is 10.9 Å². The Labute approximate surface area is 448 Å². The number of para-hydroxylation sites is 1. The van der Waals surface area contributed by atoms with Crippen molar-refractivity contribution in [1.29, 1.82) is 0 Å². The zero-order chi connectivity index (χ0) is 55.5. The second kappa shape index (κ2) is 29.2. The van der Waals surface area contributed by atoms with Gasteiger partial charge in [0.25, 0.3) is 0 Å². The molecule has 22 nitrogen and oxygen atoms in total. The lowest BCUT2D eigenvalue weighted by Gasteiger charge is -2.29. The average molecular weight is 1090 g/mol. The Bertz CT molecular complexity index is 2660. The largest absolute Gasteiger partial charge is 0.508 e. The highest BCUT2D eigenvalue weighted by Crippen LogP contribution is 2.25. The molecule has 9 atom stereocenters. The van der Waals surface area contributed by atoms with E-state index in [1.165, 1.54) is 38.1 Å². The minimum atomic E-state index is -1.46. The van der Waals surface area contributed by atoms with Crippen LogP contribution in [0.2, 0.25) is 0 Å². The van der Waals surface area contributed by atoms with Gasteiger partial charge in [-0.2, -0.15) is 0 Å². The number of aliphatic carboxylic acids is 1. The number of carbonyl (C=O) groups is 9. The number of nitrogens with two attached hydrogens (primary N) is 2. The number of hydrogen-bond donors (Lipinski definition) is 13. The van der Waals surface area contributed by atoms with Crippen molar-refractivity contribution in [2.45, 2.75) is 121 Å². The first-order valence-electron chi connectivity index (χ1n) is 25.0. The van der Waals surface area contributed by atoms with Crippen molar-refractivity contribution in [2.75, 3.05) is 18.1 Å². The lowest BCUT2D eigenvalue weighted by Crippen LogP contribution is -2.61. The molecule has 0 spiro atoms. The second-order valence-corrected chi connectivity index (χ2v) is 21.5. The summed E-state index contributed by atoms with van der Waals surface area (Å²) in [6.07, 6.45) is 2.17. The molecule has 24 heteroatoms. The van der Waals surface area contributed by atoms with Crippen LogP contribution in [0.5, 0.6) is 5.75 Å². The van der Waals surface area contributed by atoms with Crippen LogP contribution in [0.4, 0.5) is 0 Å². The Hall–Kier alpha value is -7.15. The summed E-state index contributed by atoms with van der Waals surface area (Å²) < 4.78 is 0. The molecule has 1 fully saturated rings. The highest BCUT2D eigenvalue weighted by molar-refractivity contribution is 8.76. The number of H-pyrrole nitrogens is 1. The first-order valence-corrected chi connectivity index (χ1v) is 27.5. The summed E-state index contributed by atoms with van der Waals surface area (Å²) in [5.74, 6) is -8.84. The van der Waals surface area contributed by atoms with E-state index in [-0.39, 0.29) is 49.5 Å². The van der Waals surface area contributed by atoms with E-state index in [4.69, 9.17) is 11.5 Å². The van der Waals surface area contributed by atoms with E-state index in [1.807, 2.05) is 24.3 Å². The number of phenolic OH excluding ortho intramolecular Hbond substituents is 1. The molecular formula is C52H69N11O11S2. The summed E-state index contributed by atoms with van der Waals surface area (Å²) in [4.78, 5) is 129. The zero-order valence-corrected chi connectivity index (χ0v) is 44.4. The highest BCUT2D eigenvalue weighted by Gasteiger charge is 2.36. The van der Waals surface area contributed by atoms with Gasteiger partial charge in [-0.1, -0.05) is 96.1 Å². The Kier molecular flexibility index (Phi) is 23.0. The number of aromatic nitrogens is 1. The van der Waals surface area contributed by atoms with Gasteiger partial charge in [0.1, 0.15) is 54.1 Å². The van der Waals surface area contributed by atoms with Crippen LogP contribution in [0, 0.1) is 5.92 Å². The number of aromatic amines is 1. The van der Waals surface area contributed by atoms with Crippen molar-refractivity contribution < 1.29 is 53.4 Å². The first-order chi connectivity index (χ1) is 36.2. The van der Waals surface area contributed by atoms with Crippen LogP contribution in [0.3, 0.4) is 0 Å². The predicted molar refractivity (Wildman–Crippen MR) is 289 cm³/mol. The number of fused-ring (bicyclic) bond motifs is 1. The van der Waals surface area contributed by atoms with Gasteiger partial charge in [0, 0.05) is 47.9 Å². The summed E-state index contributed by atoms with van der Waals surface area (Å²) in [5, 5.41) is 42.3. The second-order valence-electron chi connectivity index (χ2n) is 18.9. The van der Waals surface area contributed by atoms with Crippen molar-refractivity contribution in [2.24, 2.45) is 17.4 Å². The Morgan fingerprint density at radius 3 is 1.83 bits per heavy atom. The molecule has 8 amide bonds. The summed E-state index contributed by atoms with van der Waals surface area (Å²) in [6, 6.07) is 9.99. The maximum Gasteiger partial charge on any atom is 0.326 e. The topological polar surface area (TPSA) is 358 Å². The molecule has 0 bridgehead atoms. The minimum Gasteiger partial charge on any atom is -0.508 e. The maximum atomic E-state index is 14.8. The zero-order valence-electron chi connectivity index (χ0n) is 42.8. The SMILES string of the molecule is CC(C)[C@H](NC(=O)[C@@H]1CSSC[C@H](NC(=O)[C@H](C)NC(=O)[C@H](C)N)C(=O)N[C@@H](Cc2ccccc2)C(=O)N[C@@H](Cc2c[nH]c3ccccc23)C(=O)N[C@@H](CCCCN)C(=O)N[C@@H](Cc2ccc(O)cc2)C(=O)N1)C(=O)O. The fourth-order valence-corrected chi connectivity index (χ4v) is 10.4. The van der Waals surface area contributed by atoms with Crippen molar-refractivity contribution in [3.8, 4) is 5.75 Å². The number of unbranched alkanes of at least 4 members (excludes halogenated alkanes) is 1. The predicted octanol–water partition coefficient (Wildman–Crippen LogP) is 0.412. The standard InChI is InChI=1S/C52H69N11O11S2/c1-28(2)43(52(73)74)63-51(72)42-27-76-75-26-41(61-45(66)30(4)56-44(65)29(3)54)50(71)59-38(22-31-12-6-5-7-13-31)47(68)60-40(24-33-25-55-36-15-9-8-14-35(33)36)49(70)57-37(16-10-11-21-53)46(67)58-39(48(69)62-42)23-32-17-19-34(64)20-18-32/h5-9,12-15,17-20,25,28-30,37-43,55,64H,10-11,16,21-24,26-27,53-54H2,1-4H3,(H,56,65)(H,57,70)(H,58,67)(H,59,71)(H,60,68)(H,61,66)(H,62,69)(H,63,72)(H,73,74)/t29-,30-,37-,38-,39-,40-,41-,42-,43-/m0/s1. The number of aromatic hydroxyl groups is 1. The molecule has 1 aliphatic heterocycles. The fraction of sp³-hybridized carbons (Fsp3) is 0.442. The summed E-state index contributed by atoms with van der Waals surface area (Å²) in [5.41, 5.74) is 14.1. The van der Waals surface area contributed by atoms with Crippen molar-refractivity contribution >= 4 is 85.7 Å². The van der Waals surface area contributed by atoms with E-state index in [0.29, 0.717) is 29.5 Å². The Morgan fingerprint density at radius 1 is 0.658 bits per heavy atom. The number of carboxylic acids is 1. The Balaban J connectivity index is 1.62. The smallest absolute Gasteiger partial charge is 0.326 e. The monoisotopic (exact) mass is 1090 g/mol. The summed E-state index contributed by atoms with van der Waals surface area (Å²) in [7, 11) is 1.98. The summed E-state index contributed by atoms with van der Waals surface area (Å²) in [6.45, 7) is 6.25. The molecule has 2 heterocycles. The van der Waals surface area contributed by atoms with Crippen molar-refractivity contribution in [1.82, 2.24) is 47.5 Å². The van der Waals surface area contributed by atoms with Crippen LogP contribution in [0.15, 0.2) is 85.1 Å². The molecule has 0 saturated carbocycles. The third kappa shape index (κ3) is 18.0. The molecular weight excluding hydrogens is 1020 g/mol. The Morgan fingerprint density at radius 2 is 1.21 bits per heavy atom. The molecule has 3 aromatic carbocycles. The van der Waals surface area contributed by atoms with Gasteiger partial charge in [-0.15, -0.1) is 0 Å². The number of rotatable bonds is 18. The van der Waals surface area contributed by atoms with E-state index in [0.717, 1.165) is 32.5 Å². The van der Waals surface area contributed by atoms with E-state index in [2.05, 4.69) is 47.5 Å². The molecule has 0 unspecified atom stereocenters. The molecule has 410 valence electrons. The van der Waals surface area contributed by atoms with E-state index >= 15 is 0 Å². The van der Waals surface area contributed by atoms with Crippen molar-refractivity contribution in [3.05, 3.63) is 102 Å². The number of carbonyl (C=O) groups excluding carboxylic acids is 8. The van der Waals surface area contributed by atoms with Crippen molar-refractivity contribution in [3.63, 3.8) is 0 Å². The fourth-order valence-electron chi connectivity index (χ4n) is 8.06. The molecule has 1 aromatic heterocycles. The molecule has 4 aromatic rings. The molecule has 1 aliphatic rings. The third-order valence-electron chi connectivity index (χ3n) is 12.5. The van der Waals surface area contributed by atoms with Crippen LogP contribution in [0.1, 0.15) is 63.6 Å². The van der Waals surface area contributed by atoms with Crippen LogP contribution < -0.4 is 54.0 Å². The van der Waals surface area contributed by atoms with Crippen LogP contribution >= 0.6 is 21.6 Å². The molecule has 5 rings (SSSR count). The number of carboxylic acid groups (broad SMARTS) is 1. The van der Waals surface area contributed by atoms with Crippen LogP contribution in [-0.2, 0) is 62.4 Å². The number of amides is 8. The minimum absolute atomic E-state index is 0.0358. The quantitative estimate of drug-likeness (QED) is 0.0474. The van der Waals surface area contributed by atoms with Gasteiger partial charge in [-0.3, -0.25) is 38.4 Å². The lowest BCUT2D eigenvalue weighted by molar-refractivity contribution is -0.143. The molecule has 76 heavy (non-hydrogen) atoms. The highest BCUT2D eigenvalue weighted by atomic mass is 33.1. The van der Waals surface area contributed by atoms with Gasteiger partial charge >= 0.3 is 5.97 Å². The van der Waals surface area contributed by atoms with E-state index < -0.39 is 114 Å². The molecule has 15 N–H and O–H groups in total.